The monoisotopic (exact) mass is 404 g/mol. The fourth-order valence-electron chi connectivity index (χ4n) is 2.59. The molecule has 4 rings (SSSR count). The van der Waals surface area contributed by atoms with Gasteiger partial charge in [0.2, 0.25) is 5.82 Å². The number of carbonyl (C=O) groups excluding carboxylic acids is 1. The van der Waals surface area contributed by atoms with Crippen LogP contribution in [0.2, 0.25) is 0 Å². The Balaban J connectivity index is 1.41. The predicted molar refractivity (Wildman–Crippen MR) is 105 cm³/mol. The van der Waals surface area contributed by atoms with Crippen LogP contribution >= 0.6 is 11.3 Å². The van der Waals surface area contributed by atoms with Crippen LogP contribution in [0, 0.1) is 17.1 Å². The second-order valence-corrected chi connectivity index (χ2v) is 7.24. The molecule has 8 heteroatoms. The molecule has 6 nitrogen and oxygen atoms in total. The van der Waals surface area contributed by atoms with Crippen molar-refractivity contribution in [1.29, 1.82) is 5.26 Å². The van der Waals surface area contributed by atoms with Gasteiger partial charge in [0.25, 0.3) is 11.8 Å². The zero-order valence-electron chi connectivity index (χ0n) is 14.9. The summed E-state index contributed by atoms with van der Waals surface area (Å²) in [4.78, 5) is 18.3. The van der Waals surface area contributed by atoms with E-state index in [4.69, 9.17) is 9.78 Å². The third-order valence-electron chi connectivity index (χ3n) is 4.10. The first-order valence-corrected chi connectivity index (χ1v) is 9.41. The quantitative estimate of drug-likeness (QED) is 0.532. The second kappa shape index (κ2) is 8.04. The highest BCUT2D eigenvalue weighted by atomic mass is 32.1. The number of hydrogen-bond donors (Lipinski definition) is 1. The molecule has 0 atom stereocenters. The molecule has 4 aromatic rings. The summed E-state index contributed by atoms with van der Waals surface area (Å²) >= 11 is 1.43. The number of benzene rings is 2. The van der Waals surface area contributed by atoms with Crippen LogP contribution in [-0.2, 0) is 6.54 Å². The largest absolute Gasteiger partial charge is 0.347 e. The van der Waals surface area contributed by atoms with Crippen molar-refractivity contribution in [3.05, 3.63) is 82.5 Å². The zero-order chi connectivity index (χ0) is 20.2. The highest BCUT2D eigenvalue weighted by molar-refractivity contribution is 7.15. The zero-order valence-corrected chi connectivity index (χ0v) is 15.7. The molecule has 2 heterocycles. The van der Waals surface area contributed by atoms with E-state index in [1.807, 2.05) is 18.2 Å². The van der Waals surface area contributed by atoms with Crippen LogP contribution in [0.5, 0.6) is 0 Å². The molecule has 0 radical (unpaired) electrons. The van der Waals surface area contributed by atoms with Gasteiger partial charge in [-0.3, -0.25) is 4.79 Å². The number of nitrogens with one attached hydrogen (secondary N) is 1. The first-order chi connectivity index (χ1) is 14.1. The molecule has 0 bridgehead atoms. The highest BCUT2D eigenvalue weighted by Gasteiger charge is 2.13. The van der Waals surface area contributed by atoms with Crippen LogP contribution in [-0.4, -0.2) is 16.0 Å². The molecule has 1 N–H and O–H groups in total. The molecule has 0 fully saturated rings. The van der Waals surface area contributed by atoms with Gasteiger partial charge in [0.1, 0.15) is 5.82 Å². The van der Waals surface area contributed by atoms with E-state index in [1.165, 1.54) is 23.5 Å². The van der Waals surface area contributed by atoms with Crippen molar-refractivity contribution >= 4 is 17.2 Å². The number of hydrogen-bond acceptors (Lipinski definition) is 6. The maximum absolute atomic E-state index is 13.0. The van der Waals surface area contributed by atoms with Crippen LogP contribution < -0.4 is 5.32 Å². The van der Waals surface area contributed by atoms with Gasteiger partial charge in [0.15, 0.2) is 0 Å². The Morgan fingerprint density at radius 2 is 1.86 bits per heavy atom. The van der Waals surface area contributed by atoms with Crippen molar-refractivity contribution < 1.29 is 13.7 Å². The van der Waals surface area contributed by atoms with Gasteiger partial charge >= 0.3 is 0 Å². The van der Waals surface area contributed by atoms with Crippen molar-refractivity contribution in [2.75, 3.05) is 0 Å². The van der Waals surface area contributed by atoms with Crippen molar-refractivity contribution in [1.82, 2.24) is 15.5 Å². The van der Waals surface area contributed by atoms with Gasteiger partial charge in [-0.05, 0) is 60.7 Å². The minimum absolute atomic E-state index is 0.221. The second-order valence-electron chi connectivity index (χ2n) is 6.07. The number of halogens is 1. The van der Waals surface area contributed by atoms with E-state index in [9.17, 15) is 9.18 Å². The number of aromatic nitrogens is 2. The summed E-state index contributed by atoms with van der Waals surface area (Å²) in [5.41, 5.74) is 1.65. The lowest BCUT2D eigenvalue weighted by atomic mass is 10.1. The lowest BCUT2D eigenvalue weighted by molar-refractivity contribution is 0.0951. The Morgan fingerprint density at radius 1 is 1.10 bits per heavy atom. The summed E-state index contributed by atoms with van der Waals surface area (Å²) in [5.74, 6) is 0.187. The smallest absolute Gasteiger partial charge is 0.268 e. The van der Waals surface area contributed by atoms with Gasteiger partial charge in [-0.2, -0.15) is 10.2 Å². The van der Waals surface area contributed by atoms with Crippen molar-refractivity contribution in [2.24, 2.45) is 0 Å². The third kappa shape index (κ3) is 4.20. The van der Waals surface area contributed by atoms with Crippen molar-refractivity contribution in [3.8, 4) is 28.2 Å². The van der Waals surface area contributed by atoms with Gasteiger partial charge in [-0.25, -0.2) is 4.39 Å². The molecule has 29 heavy (non-hydrogen) atoms. The molecule has 2 aromatic heterocycles. The summed E-state index contributed by atoms with van der Waals surface area (Å²) in [7, 11) is 0. The number of thiophene rings is 1. The molecule has 142 valence electrons. The summed E-state index contributed by atoms with van der Waals surface area (Å²) < 4.78 is 18.3. The number of rotatable bonds is 5. The first kappa shape index (κ1) is 18.5. The average Bonchev–Trinajstić information content (AvgIpc) is 3.42. The maximum atomic E-state index is 13.0. The van der Waals surface area contributed by atoms with Crippen LogP contribution in [0.4, 0.5) is 4.39 Å². The van der Waals surface area contributed by atoms with Crippen LogP contribution in [0.3, 0.4) is 0 Å². The van der Waals surface area contributed by atoms with E-state index in [0.717, 1.165) is 9.75 Å². The maximum Gasteiger partial charge on any atom is 0.268 e. The Labute approximate surface area is 169 Å². The van der Waals surface area contributed by atoms with Crippen LogP contribution in [0.1, 0.15) is 20.8 Å². The van der Waals surface area contributed by atoms with Crippen LogP contribution in [0.15, 0.2) is 65.2 Å². The topological polar surface area (TPSA) is 91.8 Å². The van der Waals surface area contributed by atoms with Gasteiger partial charge in [0.05, 0.1) is 23.1 Å². The molecular formula is C21H13FN4O2S. The fraction of sp³-hybridized carbons (Fsp3) is 0.0476. The Bertz CT molecular complexity index is 1190. The molecule has 0 saturated carbocycles. The highest BCUT2D eigenvalue weighted by Crippen LogP contribution is 2.28. The van der Waals surface area contributed by atoms with E-state index in [1.54, 1.807) is 36.4 Å². The first-order valence-electron chi connectivity index (χ1n) is 8.59. The molecule has 2 aromatic carbocycles. The third-order valence-corrected chi connectivity index (χ3v) is 5.17. The Morgan fingerprint density at radius 3 is 2.59 bits per heavy atom. The van der Waals surface area contributed by atoms with Gasteiger partial charge in [-0.1, -0.05) is 5.16 Å². The van der Waals surface area contributed by atoms with Gasteiger partial charge < -0.3 is 9.84 Å². The molecule has 0 aliphatic heterocycles. The number of amides is 1. The normalized spacial score (nSPS) is 10.5. The molecule has 0 aliphatic rings. The molecule has 0 unspecified atom stereocenters. The van der Waals surface area contributed by atoms with Crippen LogP contribution in [0.25, 0.3) is 22.2 Å². The summed E-state index contributed by atoms with van der Waals surface area (Å²) in [6, 6.07) is 18.0. The lowest BCUT2D eigenvalue weighted by Crippen LogP contribution is -2.22. The van der Waals surface area contributed by atoms with Crippen molar-refractivity contribution in [3.63, 3.8) is 0 Å². The predicted octanol–water partition coefficient (Wildman–Crippen LogP) is 4.41. The lowest BCUT2D eigenvalue weighted by Gasteiger charge is -2.03. The summed E-state index contributed by atoms with van der Waals surface area (Å²) in [6.07, 6.45) is 0. The number of nitrogens with zero attached hydrogens (tertiary/aromatic N) is 3. The van der Waals surface area contributed by atoms with Gasteiger partial charge in [-0.15, -0.1) is 11.3 Å². The Hall–Kier alpha value is -3.83. The molecule has 0 aliphatic carbocycles. The number of carbonyl (C=O) groups is 1. The summed E-state index contributed by atoms with van der Waals surface area (Å²) in [5, 5.41) is 15.6. The van der Waals surface area contributed by atoms with E-state index < -0.39 is 0 Å². The minimum atomic E-state index is -0.330. The average molecular weight is 404 g/mol. The number of nitriles is 1. The molecule has 0 saturated heterocycles. The standard InChI is InChI=1S/C21H13FN4O2S/c22-16-7-5-14(6-8-16)19-25-21(28-26-19)18-10-9-17(29-18)12-24-20(27)15-3-1-13(11-23)2-4-15/h1-10H,12H2,(H,24,27). The van der Waals surface area contributed by atoms with Crippen molar-refractivity contribution in [2.45, 2.75) is 6.54 Å². The minimum Gasteiger partial charge on any atom is -0.347 e. The van der Waals surface area contributed by atoms with E-state index >= 15 is 0 Å². The Kier molecular flexibility index (Phi) is 5.14. The fourth-order valence-corrected chi connectivity index (χ4v) is 3.46. The van der Waals surface area contributed by atoms with Gasteiger partial charge in [0, 0.05) is 16.0 Å². The molecule has 0 spiro atoms. The van der Waals surface area contributed by atoms with E-state index in [-0.39, 0.29) is 11.7 Å². The van der Waals surface area contributed by atoms with E-state index in [0.29, 0.717) is 35.0 Å². The molecular weight excluding hydrogens is 391 g/mol. The summed E-state index contributed by atoms with van der Waals surface area (Å²) in [6.45, 7) is 0.350. The molecule has 1 amide bonds. The SMILES string of the molecule is N#Cc1ccc(C(=O)NCc2ccc(-c3nc(-c4ccc(F)cc4)no3)s2)cc1. The van der Waals surface area contributed by atoms with E-state index in [2.05, 4.69) is 15.5 Å².